The number of nitrogens with zero attached hydrogens (tertiary/aromatic N) is 2. The van der Waals surface area contributed by atoms with Crippen LogP contribution in [0.25, 0.3) is 0 Å². The molecule has 0 aromatic carbocycles. The average molecular weight is 350 g/mol. The number of hydrogen-bond donors (Lipinski definition) is 1. The van der Waals surface area contributed by atoms with Crippen LogP contribution in [0.4, 0.5) is 0 Å². The van der Waals surface area contributed by atoms with Crippen molar-refractivity contribution in [1.29, 1.82) is 0 Å². The largest absolute Gasteiger partial charge is 0.342 e. The van der Waals surface area contributed by atoms with Crippen molar-refractivity contribution in [3.8, 4) is 0 Å². The zero-order chi connectivity index (χ0) is 16.6. The lowest BCUT2D eigenvalue weighted by atomic mass is 10.0. The second kappa shape index (κ2) is 6.69. The van der Waals surface area contributed by atoms with Crippen LogP contribution in [0.15, 0.2) is 0 Å². The molecule has 4 nitrogen and oxygen atoms in total. The summed E-state index contributed by atoms with van der Waals surface area (Å²) in [4.78, 5) is 23.9. The minimum atomic E-state index is -0.0536. The number of aromatic nitrogens is 2. The van der Waals surface area contributed by atoms with Crippen LogP contribution in [0.3, 0.4) is 0 Å². The molecule has 2 aromatic heterocycles. The van der Waals surface area contributed by atoms with E-state index in [0.29, 0.717) is 5.92 Å². The molecule has 2 heterocycles. The molecule has 0 bridgehead atoms. The molecule has 0 spiro atoms. The quantitative estimate of drug-likeness (QED) is 0.890. The van der Waals surface area contributed by atoms with Crippen LogP contribution < -0.4 is 5.32 Å². The lowest BCUT2D eigenvalue weighted by molar-refractivity contribution is 0.0943. The van der Waals surface area contributed by atoms with Crippen LogP contribution in [0.1, 0.15) is 81.5 Å². The van der Waals surface area contributed by atoms with Gasteiger partial charge in [-0.1, -0.05) is 13.8 Å². The fourth-order valence-corrected chi connectivity index (χ4v) is 4.88. The predicted octanol–water partition coefficient (Wildman–Crippen LogP) is 4.40. The summed E-state index contributed by atoms with van der Waals surface area (Å²) < 4.78 is 0. The Morgan fingerprint density at radius 1 is 1.09 bits per heavy atom. The third-order valence-electron chi connectivity index (χ3n) is 4.09. The van der Waals surface area contributed by atoms with Crippen molar-refractivity contribution < 1.29 is 4.79 Å². The minimum absolute atomic E-state index is 0.0347. The van der Waals surface area contributed by atoms with E-state index in [1.165, 1.54) is 34.7 Å². The molecule has 0 aliphatic heterocycles. The Kier molecular flexibility index (Phi) is 4.82. The van der Waals surface area contributed by atoms with E-state index in [1.807, 2.05) is 13.8 Å². The number of aryl methyl sites for hydroxylation is 3. The number of carbonyl (C=O) groups excluding carboxylic acids is 1. The van der Waals surface area contributed by atoms with Crippen LogP contribution in [-0.2, 0) is 12.8 Å². The molecule has 1 aliphatic carbocycles. The summed E-state index contributed by atoms with van der Waals surface area (Å²) >= 11 is 3.26. The van der Waals surface area contributed by atoms with Gasteiger partial charge in [-0.15, -0.1) is 22.7 Å². The maximum absolute atomic E-state index is 12.6. The summed E-state index contributed by atoms with van der Waals surface area (Å²) in [5, 5.41) is 5.14. The third-order valence-corrected chi connectivity index (χ3v) is 6.89. The highest BCUT2D eigenvalue weighted by Crippen LogP contribution is 2.30. The molecule has 0 unspecified atom stereocenters. The number of thiazole rings is 2. The summed E-state index contributed by atoms with van der Waals surface area (Å²) in [5.74, 6) is 0.316. The first kappa shape index (κ1) is 16.6. The average Bonchev–Trinajstić information content (AvgIpc) is 3.10. The third kappa shape index (κ3) is 3.48. The van der Waals surface area contributed by atoms with Crippen molar-refractivity contribution in [2.75, 3.05) is 0 Å². The maximum Gasteiger partial charge on any atom is 0.263 e. The van der Waals surface area contributed by atoms with Gasteiger partial charge in [0.1, 0.15) is 9.88 Å². The molecule has 2 aromatic rings. The Bertz CT molecular complexity index is 694. The van der Waals surface area contributed by atoms with E-state index < -0.39 is 0 Å². The molecule has 1 N–H and O–H groups in total. The van der Waals surface area contributed by atoms with Gasteiger partial charge < -0.3 is 5.32 Å². The van der Waals surface area contributed by atoms with Crippen molar-refractivity contribution in [1.82, 2.24) is 15.3 Å². The van der Waals surface area contributed by atoms with Gasteiger partial charge in [0.25, 0.3) is 5.91 Å². The van der Waals surface area contributed by atoms with Gasteiger partial charge in [-0.2, -0.15) is 0 Å². The number of fused-ring (bicyclic) bond motifs is 1. The molecule has 0 fully saturated rings. The highest BCUT2D eigenvalue weighted by molar-refractivity contribution is 7.14. The molecule has 0 saturated carbocycles. The Morgan fingerprint density at radius 2 is 1.83 bits per heavy atom. The van der Waals surface area contributed by atoms with E-state index in [0.717, 1.165) is 33.4 Å². The number of amides is 1. The van der Waals surface area contributed by atoms with Crippen LogP contribution in [0.5, 0.6) is 0 Å². The van der Waals surface area contributed by atoms with Crippen LogP contribution in [0, 0.1) is 6.92 Å². The van der Waals surface area contributed by atoms with Gasteiger partial charge in [0.05, 0.1) is 22.4 Å². The van der Waals surface area contributed by atoms with Gasteiger partial charge in [0, 0.05) is 10.8 Å². The SMILES string of the molecule is Cc1nc(C(C)C)sc1C(=O)N[C@H](C)c1nc2c(s1)CCCC2. The predicted molar refractivity (Wildman–Crippen MR) is 95.6 cm³/mol. The summed E-state index contributed by atoms with van der Waals surface area (Å²) in [7, 11) is 0. The monoisotopic (exact) mass is 349 g/mol. The second-order valence-electron chi connectivity index (χ2n) is 6.45. The standard InChI is InChI=1S/C17H23N3OS2/c1-9(2)16-19-10(3)14(23-16)15(21)18-11(4)17-20-12-7-5-6-8-13(12)22-17/h9,11H,5-8H2,1-4H3,(H,18,21)/t11-/m1/s1. The Labute approximate surface area is 145 Å². The van der Waals surface area contributed by atoms with E-state index in [9.17, 15) is 4.79 Å². The van der Waals surface area contributed by atoms with E-state index >= 15 is 0 Å². The van der Waals surface area contributed by atoms with Crippen LogP contribution in [0.2, 0.25) is 0 Å². The molecule has 3 rings (SSSR count). The fourth-order valence-electron chi connectivity index (χ4n) is 2.76. The van der Waals surface area contributed by atoms with Gasteiger partial charge in [-0.3, -0.25) is 4.79 Å². The summed E-state index contributed by atoms with van der Waals surface area (Å²) in [6, 6.07) is -0.0536. The molecule has 1 atom stereocenters. The first-order valence-electron chi connectivity index (χ1n) is 8.22. The molecule has 124 valence electrons. The minimum Gasteiger partial charge on any atom is -0.342 e. The van der Waals surface area contributed by atoms with Crippen LogP contribution in [-0.4, -0.2) is 15.9 Å². The number of hydrogen-bond acceptors (Lipinski definition) is 5. The summed E-state index contributed by atoms with van der Waals surface area (Å²) in [6.07, 6.45) is 4.71. The lowest BCUT2D eigenvalue weighted by Gasteiger charge is -2.10. The van der Waals surface area contributed by atoms with E-state index in [1.54, 1.807) is 11.3 Å². The summed E-state index contributed by atoms with van der Waals surface area (Å²) in [5.41, 5.74) is 2.07. The molecule has 23 heavy (non-hydrogen) atoms. The van der Waals surface area contributed by atoms with Gasteiger partial charge in [-0.05, 0) is 39.5 Å². The zero-order valence-corrected chi connectivity index (χ0v) is 15.7. The highest BCUT2D eigenvalue weighted by atomic mass is 32.1. The first-order valence-corrected chi connectivity index (χ1v) is 9.85. The van der Waals surface area contributed by atoms with E-state index in [-0.39, 0.29) is 11.9 Å². The van der Waals surface area contributed by atoms with E-state index in [2.05, 4.69) is 24.1 Å². The van der Waals surface area contributed by atoms with Crippen molar-refractivity contribution in [3.05, 3.63) is 31.2 Å². The lowest BCUT2D eigenvalue weighted by Crippen LogP contribution is -2.26. The molecular weight excluding hydrogens is 326 g/mol. The van der Waals surface area contributed by atoms with Crippen molar-refractivity contribution >= 4 is 28.6 Å². The van der Waals surface area contributed by atoms with Crippen molar-refractivity contribution in [2.24, 2.45) is 0 Å². The normalized spacial score (nSPS) is 15.5. The smallest absolute Gasteiger partial charge is 0.263 e. The molecule has 1 amide bonds. The number of rotatable bonds is 4. The zero-order valence-electron chi connectivity index (χ0n) is 14.1. The summed E-state index contributed by atoms with van der Waals surface area (Å²) in [6.45, 7) is 8.12. The highest BCUT2D eigenvalue weighted by Gasteiger charge is 2.22. The van der Waals surface area contributed by atoms with Crippen molar-refractivity contribution in [3.63, 3.8) is 0 Å². The molecule has 1 aliphatic rings. The van der Waals surface area contributed by atoms with E-state index in [4.69, 9.17) is 4.98 Å². The second-order valence-corrected chi connectivity index (χ2v) is 8.59. The van der Waals surface area contributed by atoms with Crippen LogP contribution >= 0.6 is 22.7 Å². The Balaban J connectivity index is 1.73. The number of nitrogens with one attached hydrogen (secondary N) is 1. The maximum atomic E-state index is 12.6. The van der Waals surface area contributed by atoms with Gasteiger partial charge in [0.15, 0.2) is 0 Å². The van der Waals surface area contributed by atoms with Crippen molar-refractivity contribution in [2.45, 2.75) is 65.3 Å². The topological polar surface area (TPSA) is 54.9 Å². The number of carbonyl (C=O) groups is 1. The van der Waals surface area contributed by atoms with Gasteiger partial charge >= 0.3 is 0 Å². The van der Waals surface area contributed by atoms with Gasteiger partial charge in [0.2, 0.25) is 0 Å². The molecule has 0 saturated heterocycles. The van der Waals surface area contributed by atoms with Gasteiger partial charge in [-0.25, -0.2) is 9.97 Å². The fraction of sp³-hybridized carbons (Fsp3) is 0.588. The Hall–Kier alpha value is -1.27. The first-order chi connectivity index (χ1) is 11.0. The molecule has 6 heteroatoms. The molecule has 0 radical (unpaired) electrons. The Morgan fingerprint density at radius 3 is 2.48 bits per heavy atom. The molecular formula is C17H23N3OS2.